The van der Waals surface area contributed by atoms with Gasteiger partial charge in [0.15, 0.2) is 5.65 Å². The van der Waals surface area contributed by atoms with Crippen molar-refractivity contribution in [2.75, 3.05) is 11.9 Å². The van der Waals surface area contributed by atoms with E-state index in [0.29, 0.717) is 18.0 Å². The third-order valence-corrected chi connectivity index (χ3v) is 3.16. The van der Waals surface area contributed by atoms with Crippen molar-refractivity contribution >= 4 is 11.5 Å². The molecule has 0 bridgehead atoms. The molecule has 3 heterocycles. The van der Waals surface area contributed by atoms with Crippen molar-refractivity contribution in [1.29, 1.82) is 0 Å². The Morgan fingerprint density at radius 1 is 1.29 bits per heavy atom. The van der Waals surface area contributed by atoms with E-state index < -0.39 is 12.2 Å². The minimum atomic E-state index is -2.72. The van der Waals surface area contributed by atoms with E-state index in [2.05, 4.69) is 20.3 Å². The van der Waals surface area contributed by atoms with E-state index in [0.717, 1.165) is 10.3 Å². The summed E-state index contributed by atoms with van der Waals surface area (Å²) in [5.74, 6) is 0.918. The van der Waals surface area contributed by atoms with Gasteiger partial charge in [0.25, 0.3) is 6.43 Å². The summed E-state index contributed by atoms with van der Waals surface area (Å²) in [4.78, 5) is 6.04. The van der Waals surface area contributed by atoms with Gasteiger partial charge in [0.2, 0.25) is 5.82 Å². The van der Waals surface area contributed by atoms with Crippen molar-refractivity contribution < 1.29 is 8.78 Å². The molecule has 0 unspecified atom stereocenters. The molecule has 0 N–H and O–H groups in total. The first-order valence-electron chi connectivity index (χ1n) is 6.24. The lowest BCUT2D eigenvalue weighted by atomic mass is 10.4. The molecule has 0 radical (unpaired) electrons. The van der Waals surface area contributed by atoms with Gasteiger partial charge in [-0.2, -0.15) is 4.52 Å². The molecule has 0 amide bonds. The SMILES string of the molecule is CN(Cc1nccn1C)c1ccc2nnc(C(F)F)n2n1. The monoisotopic (exact) mass is 293 g/mol. The molecule has 0 aliphatic heterocycles. The van der Waals surface area contributed by atoms with Crippen molar-refractivity contribution in [3.63, 3.8) is 0 Å². The van der Waals surface area contributed by atoms with Gasteiger partial charge in [0.1, 0.15) is 11.6 Å². The number of aryl methyl sites for hydroxylation is 1. The molecule has 7 nitrogen and oxygen atoms in total. The fourth-order valence-corrected chi connectivity index (χ4v) is 1.98. The predicted molar refractivity (Wildman–Crippen MR) is 71.1 cm³/mol. The highest BCUT2D eigenvalue weighted by Gasteiger charge is 2.18. The van der Waals surface area contributed by atoms with Crippen LogP contribution in [0.4, 0.5) is 14.6 Å². The van der Waals surface area contributed by atoms with Crippen molar-refractivity contribution in [3.05, 3.63) is 36.2 Å². The van der Waals surface area contributed by atoms with Gasteiger partial charge in [-0.15, -0.1) is 15.3 Å². The van der Waals surface area contributed by atoms with Crippen LogP contribution in [0.3, 0.4) is 0 Å². The maximum atomic E-state index is 12.8. The molecule has 3 rings (SSSR count). The van der Waals surface area contributed by atoms with Crippen LogP contribution in [0, 0.1) is 0 Å². The molecule has 0 fully saturated rings. The summed E-state index contributed by atoms with van der Waals surface area (Å²) in [6, 6.07) is 3.32. The van der Waals surface area contributed by atoms with Crippen molar-refractivity contribution in [1.82, 2.24) is 29.4 Å². The first-order chi connectivity index (χ1) is 10.1. The Morgan fingerprint density at radius 2 is 2.10 bits per heavy atom. The number of alkyl halides is 2. The summed E-state index contributed by atoms with van der Waals surface area (Å²) >= 11 is 0. The Hall–Kier alpha value is -2.58. The number of nitrogens with zero attached hydrogens (tertiary/aromatic N) is 7. The Balaban J connectivity index is 1.93. The van der Waals surface area contributed by atoms with Gasteiger partial charge in [0.05, 0.1) is 6.54 Å². The molecule has 9 heteroatoms. The van der Waals surface area contributed by atoms with Gasteiger partial charge in [-0.1, -0.05) is 0 Å². The standard InChI is InChI=1S/C12H13F2N7/c1-19-6-5-15-10(19)7-20(2)9-4-3-8-16-17-12(11(13)14)21(8)18-9/h3-6,11H,7H2,1-2H3. The van der Waals surface area contributed by atoms with Gasteiger partial charge >= 0.3 is 0 Å². The maximum absolute atomic E-state index is 12.8. The first kappa shape index (κ1) is 13.4. The summed E-state index contributed by atoms with van der Waals surface area (Å²) in [6.45, 7) is 0.508. The lowest BCUT2D eigenvalue weighted by Crippen LogP contribution is -2.21. The molecule has 0 aliphatic carbocycles. The van der Waals surface area contributed by atoms with Crippen LogP contribution in [0.1, 0.15) is 18.1 Å². The molecule has 0 spiro atoms. The van der Waals surface area contributed by atoms with E-state index in [9.17, 15) is 8.78 Å². The third-order valence-electron chi connectivity index (χ3n) is 3.16. The number of aromatic nitrogens is 6. The normalized spacial score (nSPS) is 11.5. The average molecular weight is 293 g/mol. The number of hydrogen-bond donors (Lipinski definition) is 0. The Morgan fingerprint density at radius 3 is 2.76 bits per heavy atom. The fraction of sp³-hybridized carbons (Fsp3) is 0.333. The Bertz CT molecular complexity index is 764. The zero-order valence-corrected chi connectivity index (χ0v) is 11.5. The Labute approximate surface area is 118 Å². The molecule has 21 heavy (non-hydrogen) atoms. The highest BCUT2D eigenvalue weighted by molar-refractivity contribution is 5.45. The molecular formula is C12H13F2N7. The second kappa shape index (κ2) is 5.08. The molecular weight excluding hydrogens is 280 g/mol. The Kier molecular flexibility index (Phi) is 3.24. The van der Waals surface area contributed by atoms with Gasteiger partial charge in [-0.05, 0) is 12.1 Å². The molecule has 3 aromatic rings. The molecule has 0 saturated heterocycles. The second-order valence-corrected chi connectivity index (χ2v) is 4.63. The predicted octanol–water partition coefficient (Wildman–Crippen LogP) is 1.43. The number of anilines is 1. The topological polar surface area (TPSA) is 64.1 Å². The number of rotatable bonds is 4. The third kappa shape index (κ3) is 2.41. The van der Waals surface area contributed by atoms with E-state index in [1.54, 1.807) is 18.3 Å². The lowest BCUT2D eigenvalue weighted by molar-refractivity contribution is 0.137. The molecule has 0 aromatic carbocycles. The van der Waals surface area contributed by atoms with Crippen LogP contribution in [0.5, 0.6) is 0 Å². The van der Waals surface area contributed by atoms with Crippen molar-refractivity contribution in [2.45, 2.75) is 13.0 Å². The number of fused-ring (bicyclic) bond motifs is 1. The molecule has 0 aliphatic rings. The maximum Gasteiger partial charge on any atom is 0.299 e. The summed E-state index contributed by atoms with van der Waals surface area (Å²) in [6.07, 6.45) is 0.825. The molecule has 0 atom stereocenters. The minimum Gasteiger partial charge on any atom is -0.351 e. The van der Waals surface area contributed by atoms with Gasteiger partial charge in [-0.25, -0.2) is 13.8 Å². The number of hydrogen-bond acceptors (Lipinski definition) is 5. The highest BCUT2D eigenvalue weighted by Crippen LogP contribution is 2.19. The summed E-state index contributed by atoms with van der Waals surface area (Å²) < 4.78 is 28.6. The zero-order chi connectivity index (χ0) is 15.0. The fourth-order valence-electron chi connectivity index (χ4n) is 1.98. The number of imidazole rings is 1. The van der Waals surface area contributed by atoms with Crippen LogP contribution in [-0.2, 0) is 13.6 Å². The lowest BCUT2D eigenvalue weighted by Gasteiger charge is -2.17. The van der Waals surface area contributed by atoms with E-state index >= 15 is 0 Å². The van der Waals surface area contributed by atoms with E-state index in [4.69, 9.17) is 0 Å². The summed E-state index contributed by atoms with van der Waals surface area (Å²) in [5.41, 5.74) is 0.291. The van der Waals surface area contributed by atoms with Crippen LogP contribution < -0.4 is 4.90 Å². The first-order valence-corrected chi connectivity index (χ1v) is 6.24. The summed E-state index contributed by atoms with van der Waals surface area (Å²) in [7, 11) is 3.71. The van der Waals surface area contributed by atoms with Crippen molar-refractivity contribution in [2.24, 2.45) is 7.05 Å². The van der Waals surface area contributed by atoms with Crippen molar-refractivity contribution in [3.8, 4) is 0 Å². The van der Waals surface area contributed by atoms with E-state index in [1.165, 1.54) is 0 Å². The van der Waals surface area contributed by atoms with Gasteiger partial charge in [0, 0.05) is 26.5 Å². The van der Waals surface area contributed by atoms with Crippen LogP contribution in [0.25, 0.3) is 5.65 Å². The van der Waals surface area contributed by atoms with Gasteiger partial charge < -0.3 is 9.47 Å². The van der Waals surface area contributed by atoms with Crippen LogP contribution in [0.2, 0.25) is 0 Å². The van der Waals surface area contributed by atoms with Crippen LogP contribution in [0.15, 0.2) is 24.5 Å². The largest absolute Gasteiger partial charge is 0.351 e. The van der Waals surface area contributed by atoms with Crippen LogP contribution in [-0.4, -0.2) is 36.4 Å². The smallest absolute Gasteiger partial charge is 0.299 e. The van der Waals surface area contributed by atoms with E-state index in [-0.39, 0.29) is 0 Å². The minimum absolute atomic E-state index is 0.291. The number of halogens is 2. The summed E-state index contributed by atoms with van der Waals surface area (Å²) in [5, 5.41) is 11.3. The average Bonchev–Trinajstić information content (AvgIpc) is 3.04. The van der Waals surface area contributed by atoms with Gasteiger partial charge in [-0.3, -0.25) is 0 Å². The second-order valence-electron chi connectivity index (χ2n) is 4.63. The molecule has 110 valence electrons. The molecule has 3 aromatic heterocycles. The highest BCUT2D eigenvalue weighted by atomic mass is 19.3. The molecule has 0 saturated carbocycles. The quantitative estimate of drug-likeness (QED) is 0.728. The zero-order valence-electron chi connectivity index (χ0n) is 11.5. The van der Waals surface area contributed by atoms with Crippen LogP contribution >= 0.6 is 0 Å². The van der Waals surface area contributed by atoms with E-state index in [1.807, 2.05) is 29.8 Å².